The molecule has 1 aromatic carbocycles. The molecular weight excluding hydrogens is 460 g/mol. The molecule has 1 aliphatic carbocycles. The number of hydrogen-bond donors (Lipinski definition) is 1. The summed E-state index contributed by atoms with van der Waals surface area (Å²) in [5, 5.41) is 2.95. The van der Waals surface area contributed by atoms with Crippen LogP contribution in [0.3, 0.4) is 0 Å². The van der Waals surface area contributed by atoms with E-state index in [0.29, 0.717) is 24.2 Å². The maximum Gasteiger partial charge on any atom is 0.267 e. The van der Waals surface area contributed by atoms with E-state index in [1.165, 1.54) is 4.90 Å². The van der Waals surface area contributed by atoms with Crippen molar-refractivity contribution in [3.05, 3.63) is 29.8 Å². The van der Waals surface area contributed by atoms with E-state index in [1.54, 1.807) is 18.2 Å². The number of ether oxygens (including phenoxy) is 1. The van der Waals surface area contributed by atoms with Crippen molar-refractivity contribution in [1.29, 1.82) is 0 Å². The van der Waals surface area contributed by atoms with Crippen molar-refractivity contribution in [3.63, 3.8) is 0 Å². The summed E-state index contributed by atoms with van der Waals surface area (Å²) in [4.78, 5) is 41.7. The standard InChI is InChI=1S/C27H40N2O5Si/c1-17(22-21(23(30)28-22)18(2)34-35(6,7)26(3,4)5)24(31)29-25(32)19-13-9-10-14-20(19)33-27(29)15-11-8-12-16-27/h9-10,13-14,17-18,21-22H,8,11-12,15-16H2,1-7H3,(H,28,30)/t17-,18-,21?,22?/m1/s1. The predicted octanol–water partition coefficient (Wildman–Crippen LogP) is 4.87. The molecule has 7 nitrogen and oxygen atoms in total. The van der Waals surface area contributed by atoms with Gasteiger partial charge in [-0.2, -0.15) is 0 Å². The van der Waals surface area contributed by atoms with Gasteiger partial charge in [-0.25, -0.2) is 4.90 Å². The SMILES string of the molecule is C[C@@H](O[Si](C)(C)C(C)(C)C)C1C(=O)NC1[C@@H](C)C(=O)N1C(=O)c2ccccc2OC12CCCCC2. The lowest BCUT2D eigenvalue weighted by atomic mass is 9.77. The van der Waals surface area contributed by atoms with Crippen LogP contribution in [-0.4, -0.2) is 48.8 Å². The molecule has 3 amide bonds. The summed E-state index contributed by atoms with van der Waals surface area (Å²) < 4.78 is 12.9. The summed E-state index contributed by atoms with van der Waals surface area (Å²) in [6.07, 6.45) is 3.78. The number of nitrogens with zero attached hydrogens (tertiary/aromatic N) is 1. The first-order chi connectivity index (χ1) is 16.3. The number of β-lactam (4-membered cyclic amide) rings is 1. The molecule has 2 fully saturated rings. The number of hydrogen-bond acceptors (Lipinski definition) is 5. The molecular formula is C27H40N2O5Si. The zero-order chi connectivity index (χ0) is 25.8. The third-order valence-corrected chi connectivity index (χ3v) is 13.2. The number of rotatable bonds is 5. The summed E-state index contributed by atoms with van der Waals surface area (Å²) in [6, 6.07) is 6.76. The Morgan fingerprint density at radius 1 is 1.14 bits per heavy atom. The van der Waals surface area contributed by atoms with Crippen LogP contribution in [0.2, 0.25) is 18.1 Å². The molecule has 0 radical (unpaired) electrons. The van der Waals surface area contributed by atoms with Crippen molar-refractivity contribution < 1.29 is 23.5 Å². The highest BCUT2D eigenvalue weighted by molar-refractivity contribution is 6.74. The average Bonchev–Trinajstić information content (AvgIpc) is 2.76. The minimum absolute atomic E-state index is 0.0106. The lowest BCUT2D eigenvalue weighted by Crippen LogP contribution is -2.70. The number of benzene rings is 1. The maximum absolute atomic E-state index is 14.0. The van der Waals surface area contributed by atoms with E-state index in [9.17, 15) is 14.4 Å². The molecule has 2 unspecified atom stereocenters. The minimum Gasteiger partial charge on any atom is -0.467 e. The van der Waals surface area contributed by atoms with Crippen LogP contribution in [0.5, 0.6) is 5.75 Å². The number of nitrogens with one attached hydrogen (secondary N) is 1. The third kappa shape index (κ3) is 4.44. The quantitative estimate of drug-likeness (QED) is 0.461. The van der Waals surface area contributed by atoms with E-state index in [4.69, 9.17) is 9.16 Å². The van der Waals surface area contributed by atoms with Crippen LogP contribution in [-0.2, 0) is 14.0 Å². The molecule has 4 rings (SSSR count). The van der Waals surface area contributed by atoms with E-state index in [-0.39, 0.29) is 34.9 Å². The first-order valence-corrected chi connectivity index (χ1v) is 15.8. The third-order valence-electron chi connectivity index (χ3n) is 8.60. The summed E-state index contributed by atoms with van der Waals surface area (Å²) in [6.45, 7) is 14.6. The second kappa shape index (κ2) is 9.03. The van der Waals surface area contributed by atoms with Crippen LogP contribution >= 0.6 is 0 Å². The summed E-state index contributed by atoms with van der Waals surface area (Å²) in [7, 11) is -2.10. The van der Waals surface area contributed by atoms with E-state index in [2.05, 4.69) is 39.2 Å². The smallest absolute Gasteiger partial charge is 0.267 e. The van der Waals surface area contributed by atoms with E-state index >= 15 is 0 Å². The van der Waals surface area contributed by atoms with Crippen LogP contribution in [0.4, 0.5) is 0 Å². The molecule has 8 heteroatoms. The number of carbonyl (C=O) groups excluding carboxylic acids is 3. The molecule has 2 heterocycles. The monoisotopic (exact) mass is 500 g/mol. The first-order valence-electron chi connectivity index (χ1n) is 12.9. The molecule has 2 aliphatic heterocycles. The fourth-order valence-corrected chi connectivity index (χ4v) is 6.88. The van der Waals surface area contributed by atoms with Crippen molar-refractivity contribution in [3.8, 4) is 5.75 Å². The molecule has 1 saturated heterocycles. The molecule has 0 bridgehead atoms. The molecule has 1 N–H and O–H groups in total. The van der Waals surface area contributed by atoms with Gasteiger partial charge in [-0.1, -0.05) is 46.2 Å². The Kier molecular flexibility index (Phi) is 6.68. The number of fused-ring (bicyclic) bond motifs is 1. The lowest BCUT2D eigenvalue weighted by Gasteiger charge is -2.51. The van der Waals surface area contributed by atoms with E-state index in [0.717, 1.165) is 19.3 Å². The zero-order valence-corrected chi connectivity index (χ0v) is 23.1. The topological polar surface area (TPSA) is 84.9 Å². The first kappa shape index (κ1) is 25.9. The Balaban J connectivity index is 1.59. The second-order valence-electron chi connectivity index (χ2n) is 12.0. The van der Waals surface area contributed by atoms with Gasteiger partial charge in [0.05, 0.1) is 29.5 Å². The van der Waals surface area contributed by atoms with Gasteiger partial charge in [-0.3, -0.25) is 14.4 Å². The van der Waals surface area contributed by atoms with Crippen molar-refractivity contribution in [2.45, 2.75) is 103 Å². The number of imide groups is 1. The maximum atomic E-state index is 14.0. The Labute approximate surface area is 210 Å². The van der Waals surface area contributed by atoms with Crippen LogP contribution in [0, 0.1) is 11.8 Å². The Bertz CT molecular complexity index is 1010. The summed E-state index contributed by atoms with van der Waals surface area (Å²) in [5.41, 5.74) is -0.547. The van der Waals surface area contributed by atoms with Crippen molar-refractivity contribution in [2.75, 3.05) is 0 Å². The highest BCUT2D eigenvalue weighted by atomic mass is 28.4. The number of amides is 3. The fourth-order valence-electron chi connectivity index (χ4n) is 5.45. The van der Waals surface area contributed by atoms with Crippen LogP contribution < -0.4 is 10.1 Å². The predicted molar refractivity (Wildman–Crippen MR) is 136 cm³/mol. The molecule has 192 valence electrons. The highest BCUT2D eigenvalue weighted by Gasteiger charge is 2.56. The van der Waals surface area contributed by atoms with Crippen molar-refractivity contribution >= 4 is 26.0 Å². The summed E-state index contributed by atoms with van der Waals surface area (Å²) >= 11 is 0. The van der Waals surface area contributed by atoms with Gasteiger partial charge in [-0.15, -0.1) is 0 Å². The average molecular weight is 501 g/mol. The van der Waals surface area contributed by atoms with Gasteiger partial charge in [0.2, 0.25) is 11.8 Å². The fraction of sp³-hybridized carbons (Fsp3) is 0.667. The second-order valence-corrected chi connectivity index (χ2v) is 16.8. The Morgan fingerprint density at radius 2 is 1.77 bits per heavy atom. The van der Waals surface area contributed by atoms with Gasteiger partial charge in [-0.05, 0) is 50.0 Å². The largest absolute Gasteiger partial charge is 0.467 e. The minimum atomic E-state index is -2.10. The van der Waals surface area contributed by atoms with Crippen LogP contribution in [0.15, 0.2) is 24.3 Å². The molecule has 1 spiro atoms. The normalized spacial score (nSPS) is 25.7. The molecule has 0 aromatic heterocycles. The molecule has 1 aromatic rings. The van der Waals surface area contributed by atoms with Gasteiger partial charge in [0, 0.05) is 12.8 Å². The summed E-state index contributed by atoms with van der Waals surface area (Å²) in [5.74, 6) is -1.17. The molecule has 1 saturated carbocycles. The van der Waals surface area contributed by atoms with Gasteiger partial charge in [0.15, 0.2) is 14.0 Å². The van der Waals surface area contributed by atoms with Crippen molar-refractivity contribution in [2.24, 2.45) is 11.8 Å². The molecule has 3 aliphatic rings. The van der Waals surface area contributed by atoms with Crippen LogP contribution in [0.25, 0.3) is 0 Å². The van der Waals surface area contributed by atoms with Crippen molar-refractivity contribution in [1.82, 2.24) is 10.2 Å². The van der Waals surface area contributed by atoms with Gasteiger partial charge >= 0.3 is 0 Å². The zero-order valence-electron chi connectivity index (χ0n) is 22.1. The van der Waals surface area contributed by atoms with E-state index in [1.807, 2.05) is 19.9 Å². The van der Waals surface area contributed by atoms with Crippen LogP contribution in [0.1, 0.15) is 77.1 Å². The van der Waals surface area contributed by atoms with Gasteiger partial charge < -0.3 is 14.5 Å². The molecule has 35 heavy (non-hydrogen) atoms. The lowest BCUT2D eigenvalue weighted by molar-refractivity contribution is -0.162. The van der Waals surface area contributed by atoms with Gasteiger partial charge in [0.25, 0.3) is 5.91 Å². The highest BCUT2D eigenvalue weighted by Crippen LogP contribution is 2.44. The number of carbonyl (C=O) groups is 3. The van der Waals surface area contributed by atoms with E-state index < -0.39 is 25.9 Å². The Morgan fingerprint density at radius 3 is 2.37 bits per heavy atom. The Hall–Kier alpha value is -2.19. The van der Waals surface area contributed by atoms with Gasteiger partial charge in [0.1, 0.15) is 5.75 Å². The number of para-hydroxylation sites is 1. The molecule has 4 atom stereocenters.